The molecule has 0 spiro atoms. The number of anilines is 1. The second kappa shape index (κ2) is 5.61. The van der Waals surface area contributed by atoms with Crippen molar-refractivity contribution >= 4 is 5.69 Å². The van der Waals surface area contributed by atoms with Crippen molar-refractivity contribution < 1.29 is 4.74 Å². The van der Waals surface area contributed by atoms with Gasteiger partial charge in [0.1, 0.15) is 5.75 Å². The third-order valence-electron chi connectivity index (χ3n) is 3.47. The monoisotopic (exact) mass is 248 g/mol. The fourth-order valence-electron chi connectivity index (χ4n) is 2.40. The van der Waals surface area contributed by atoms with Gasteiger partial charge in [-0.1, -0.05) is 6.07 Å². The molecule has 3 nitrogen and oxygen atoms in total. The maximum absolute atomic E-state index is 5.51. The molecule has 0 amide bonds. The fourth-order valence-corrected chi connectivity index (χ4v) is 2.40. The second-order valence-corrected chi connectivity index (χ2v) is 5.28. The molecule has 1 fully saturated rings. The van der Waals surface area contributed by atoms with Crippen LogP contribution in [0, 0.1) is 13.8 Å². The Labute approximate surface area is 110 Å². The summed E-state index contributed by atoms with van der Waals surface area (Å²) in [5.74, 6) is 0.974. The van der Waals surface area contributed by atoms with Crippen LogP contribution in [0.1, 0.15) is 24.0 Å². The molecular formula is C15H24N2O. The van der Waals surface area contributed by atoms with Gasteiger partial charge in [0.25, 0.3) is 0 Å². The van der Waals surface area contributed by atoms with Crippen molar-refractivity contribution in [2.24, 2.45) is 0 Å². The standard InChI is InChI=1S/C15H24N2O/c1-11-9-12(2)15(14(10-11)18-4)17(3)8-7-16-13-5-6-13/h9-10,13,16H,5-8H2,1-4H3. The van der Waals surface area contributed by atoms with Gasteiger partial charge in [-0.15, -0.1) is 0 Å². The number of nitrogens with zero attached hydrogens (tertiary/aromatic N) is 1. The Morgan fingerprint density at radius 1 is 1.33 bits per heavy atom. The third-order valence-corrected chi connectivity index (χ3v) is 3.47. The molecule has 0 heterocycles. The maximum Gasteiger partial charge on any atom is 0.142 e. The van der Waals surface area contributed by atoms with Crippen molar-refractivity contribution in [2.75, 3.05) is 32.1 Å². The smallest absolute Gasteiger partial charge is 0.142 e. The normalized spacial score (nSPS) is 14.7. The van der Waals surface area contributed by atoms with Crippen molar-refractivity contribution in [1.82, 2.24) is 5.32 Å². The summed E-state index contributed by atoms with van der Waals surface area (Å²) in [4.78, 5) is 2.28. The third kappa shape index (κ3) is 3.16. The van der Waals surface area contributed by atoms with Gasteiger partial charge < -0.3 is 15.0 Å². The summed E-state index contributed by atoms with van der Waals surface area (Å²) in [6.07, 6.45) is 2.69. The van der Waals surface area contributed by atoms with Crippen LogP contribution in [-0.4, -0.2) is 33.3 Å². The first-order valence-electron chi connectivity index (χ1n) is 6.71. The molecule has 0 bridgehead atoms. The minimum Gasteiger partial charge on any atom is -0.495 e. The van der Waals surface area contributed by atoms with Crippen LogP contribution in [0.3, 0.4) is 0 Å². The van der Waals surface area contributed by atoms with E-state index in [0.717, 1.165) is 24.9 Å². The van der Waals surface area contributed by atoms with Crippen LogP contribution in [0.2, 0.25) is 0 Å². The van der Waals surface area contributed by atoms with Gasteiger partial charge in [-0.3, -0.25) is 0 Å². The summed E-state index contributed by atoms with van der Waals surface area (Å²) >= 11 is 0. The lowest BCUT2D eigenvalue weighted by Crippen LogP contribution is -2.30. The number of ether oxygens (including phenoxy) is 1. The molecule has 1 aliphatic rings. The Hall–Kier alpha value is -1.22. The van der Waals surface area contributed by atoms with Crippen LogP contribution >= 0.6 is 0 Å². The lowest BCUT2D eigenvalue weighted by molar-refractivity contribution is 0.414. The van der Waals surface area contributed by atoms with Crippen LogP contribution in [0.4, 0.5) is 5.69 Å². The SMILES string of the molecule is COc1cc(C)cc(C)c1N(C)CCNC1CC1. The number of nitrogens with one attached hydrogen (secondary N) is 1. The van der Waals surface area contributed by atoms with Crippen molar-refractivity contribution in [3.63, 3.8) is 0 Å². The van der Waals surface area contributed by atoms with E-state index in [4.69, 9.17) is 4.74 Å². The highest BCUT2D eigenvalue weighted by Gasteiger charge is 2.20. The van der Waals surface area contributed by atoms with Gasteiger partial charge in [-0.25, -0.2) is 0 Å². The number of rotatable bonds is 6. The largest absolute Gasteiger partial charge is 0.495 e. The summed E-state index contributed by atoms with van der Waals surface area (Å²) in [7, 11) is 3.88. The number of hydrogen-bond donors (Lipinski definition) is 1. The summed E-state index contributed by atoms with van der Waals surface area (Å²) in [5.41, 5.74) is 3.74. The van der Waals surface area contributed by atoms with Crippen LogP contribution in [0.25, 0.3) is 0 Å². The van der Waals surface area contributed by atoms with Gasteiger partial charge in [-0.05, 0) is 43.9 Å². The molecule has 0 aliphatic heterocycles. The van der Waals surface area contributed by atoms with Crippen LogP contribution in [0.5, 0.6) is 5.75 Å². The number of likely N-dealkylation sites (N-methyl/N-ethyl adjacent to an activating group) is 1. The summed E-state index contributed by atoms with van der Waals surface area (Å²) < 4.78 is 5.51. The number of methoxy groups -OCH3 is 1. The van der Waals surface area contributed by atoms with Gasteiger partial charge in [-0.2, -0.15) is 0 Å². The molecule has 1 aromatic rings. The van der Waals surface area contributed by atoms with Gasteiger partial charge in [0.2, 0.25) is 0 Å². The fraction of sp³-hybridized carbons (Fsp3) is 0.600. The molecule has 18 heavy (non-hydrogen) atoms. The molecule has 2 rings (SSSR count). The molecule has 1 N–H and O–H groups in total. The molecule has 1 aromatic carbocycles. The van der Waals surface area contributed by atoms with Crippen LogP contribution in [0.15, 0.2) is 12.1 Å². The van der Waals surface area contributed by atoms with E-state index in [1.54, 1.807) is 7.11 Å². The topological polar surface area (TPSA) is 24.5 Å². The average molecular weight is 248 g/mol. The van der Waals surface area contributed by atoms with Crippen LogP contribution < -0.4 is 15.0 Å². The summed E-state index contributed by atoms with van der Waals surface area (Å²) in [5, 5.41) is 3.54. The van der Waals surface area contributed by atoms with E-state index in [1.165, 1.54) is 29.7 Å². The van der Waals surface area contributed by atoms with Gasteiger partial charge in [0.15, 0.2) is 0 Å². The molecule has 100 valence electrons. The van der Waals surface area contributed by atoms with Crippen molar-refractivity contribution in [3.05, 3.63) is 23.3 Å². The summed E-state index contributed by atoms with van der Waals surface area (Å²) in [6.45, 7) is 6.30. The molecular weight excluding hydrogens is 224 g/mol. The molecule has 3 heteroatoms. The first-order chi connectivity index (χ1) is 8.61. The van der Waals surface area contributed by atoms with Crippen LogP contribution in [-0.2, 0) is 0 Å². The van der Waals surface area contributed by atoms with E-state index < -0.39 is 0 Å². The minimum absolute atomic E-state index is 0.777. The lowest BCUT2D eigenvalue weighted by atomic mass is 10.1. The number of hydrogen-bond acceptors (Lipinski definition) is 3. The average Bonchev–Trinajstić information content (AvgIpc) is 3.11. The molecule has 1 aliphatic carbocycles. The van der Waals surface area contributed by atoms with E-state index in [-0.39, 0.29) is 0 Å². The molecule has 0 saturated heterocycles. The van der Waals surface area contributed by atoms with Gasteiger partial charge in [0.05, 0.1) is 12.8 Å². The van der Waals surface area contributed by atoms with Crippen molar-refractivity contribution in [1.29, 1.82) is 0 Å². The molecule has 0 radical (unpaired) electrons. The van der Waals surface area contributed by atoms with Crippen molar-refractivity contribution in [3.8, 4) is 5.75 Å². The highest BCUT2D eigenvalue weighted by molar-refractivity contribution is 5.64. The number of aryl methyl sites for hydroxylation is 2. The Morgan fingerprint density at radius 3 is 2.67 bits per heavy atom. The Kier molecular flexibility index (Phi) is 4.12. The molecule has 0 atom stereocenters. The van der Waals surface area contributed by atoms with E-state index in [0.29, 0.717) is 0 Å². The quantitative estimate of drug-likeness (QED) is 0.837. The molecule has 0 unspecified atom stereocenters. The predicted molar refractivity (Wildman–Crippen MR) is 76.8 cm³/mol. The minimum atomic E-state index is 0.777. The Balaban J connectivity index is 2.04. The zero-order valence-corrected chi connectivity index (χ0v) is 11.9. The summed E-state index contributed by atoms with van der Waals surface area (Å²) in [6, 6.07) is 5.09. The Morgan fingerprint density at radius 2 is 2.06 bits per heavy atom. The predicted octanol–water partition coefficient (Wildman–Crippen LogP) is 2.50. The molecule has 1 saturated carbocycles. The highest BCUT2D eigenvalue weighted by Crippen LogP contribution is 2.32. The first-order valence-corrected chi connectivity index (χ1v) is 6.71. The molecule has 0 aromatic heterocycles. The van der Waals surface area contributed by atoms with Gasteiger partial charge >= 0.3 is 0 Å². The van der Waals surface area contributed by atoms with E-state index in [9.17, 15) is 0 Å². The van der Waals surface area contributed by atoms with E-state index >= 15 is 0 Å². The highest BCUT2D eigenvalue weighted by atomic mass is 16.5. The lowest BCUT2D eigenvalue weighted by Gasteiger charge is -2.24. The van der Waals surface area contributed by atoms with E-state index in [2.05, 4.69) is 43.2 Å². The maximum atomic E-state index is 5.51. The number of benzene rings is 1. The zero-order valence-electron chi connectivity index (χ0n) is 11.9. The van der Waals surface area contributed by atoms with Gasteiger partial charge in [0, 0.05) is 26.2 Å². The zero-order chi connectivity index (χ0) is 13.1. The second-order valence-electron chi connectivity index (χ2n) is 5.28. The van der Waals surface area contributed by atoms with E-state index in [1.807, 2.05) is 0 Å². The van der Waals surface area contributed by atoms with Crippen molar-refractivity contribution in [2.45, 2.75) is 32.7 Å². The Bertz CT molecular complexity index is 413. The first kappa shape index (κ1) is 13.2.